The van der Waals surface area contributed by atoms with E-state index in [0.29, 0.717) is 11.1 Å². The van der Waals surface area contributed by atoms with Crippen molar-refractivity contribution in [3.05, 3.63) is 23.0 Å². The Bertz CT molecular complexity index is 487. The molecule has 5 heteroatoms. The maximum absolute atomic E-state index is 6.12. The molecule has 1 aromatic rings. The maximum atomic E-state index is 6.12. The van der Waals surface area contributed by atoms with Gasteiger partial charge in [-0.15, -0.1) is 0 Å². The molecule has 1 aliphatic rings. The van der Waals surface area contributed by atoms with Crippen LogP contribution in [0, 0.1) is 5.92 Å². The van der Waals surface area contributed by atoms with Crippen molar-refractivity contribution in [2.24, 2.45) is 5.92 Å². The van der Waals surface area contributed by atoms with E-state index in [4.69, 9.17) is 20.9 Å². The van der Waals surface area contributed by atoms with Gasteiger partial charge in [0.2, 0.25) is 0 Å². The highest BCUT2D eigenvalue weighted by Crippen LogP contribution is 2.36. The van der Waals surface area contributed by atoms with Crippen LogP contribution in [0.15, 0.2) is 12.3 Å². The van der Waals surface area contributed by atoms with E-state index in [1.54, 1.807) is 0 Å². The summed E-state index contributed by atoms with van der Waals surface area (Å²) < 4.78 is 12.2. The highest BCUT2D eigenvalue weighted by molar-refractivity contribution is 6.63. The number of pyridine rings is 1. The topological polar surface area (TPSA) is 31.4 Å². The molecule has 2 rings (SSSR count). The molecule has 0 saturated carbocycles. The van der Waals surface area contributed by atoms with E-state index in [9.17, 15) is 0 Å². The van der Waals surface area contributed by atoms with Gasteiger partial charge in [0.25, 0.3) is 0 Å². The molecular weight excluding hydrogens is 272 g/mol. The summed E-state index contributed by atoms with van der Waals surface area (Å²) in [5, 5.41) is 0.474. The van der Waals surface area contributed by atoms with Gasteiger partial charge in [-0.25, -0.2) is 4.98 Å². The first-order valence-electron chi connectivity index (χ1n) is 7.12. The molecule has 0 spiro atoms. The van der Waals surface area contributed by atoms with Gasteiger partial charge < -0.3 is 9.31 Å². The Balaban J connectivity index is 2.36. The van der Waals surface area contributed by atoms with Crippen molar-refractivity contribution < 1.29 is 9.31 Å². The molecule has 0 aromatic carbocycles. The zero-order valence-electron chi connectivity index (χ0n) is 13.2. The van der Waals surface area contributed by atoms with E-state index < -0.39 is 0 Å². The molecule has 110 valence electrons. The van der Waals surface area contributed by atoms with Crippen molar-refractivity contribution in [2.75, 3.05) is 0 Å². The maximum Gasteiger partial charge on any atom is 0.495 e. The van der Waals surface area contributed by atoms with E-state index in [2.05, 4.69) is 46.5 Å². The second-order valence-corrected chi connectivity index (χ2v) is 7.28. The van der Waals surface area contributed by atoms with E-state index in [-0.39, 0.29) is 18.3 Å². The van der Waals surface area contributed by atoms with Crippen molar-refractivity contribution in [1.29, 1.82) is 0 Å². The summed E-state index contributed by atoms with van der Waals surface area (Å²) in [4.78, 5) is 4.19. The first kappa shape index (κ1) is 15.8. The van der Waals surface area contributed by atoms with Crippen LogP contribution in [0.5, 0.6) is 0 Å². The largest absolute Gasteiger partial charge is 0.495 e. The zero-order valence-corrected chi connectivity index (χ0v) is 13.9. The lowest BCUT2D eigenvalue weighted by molar-refractivity contribution is 0.00578. The second kappa shape index (κ2) is 5.32. The number of aromatic nitrogens is 1. The van der Waals surface area contributed by atoms with Gasteiger partial charge in [-0.05, 0) is 57.1 Å². The smallest absolute Gasteiger partial charge is 0.399 e. The average Bonchev–Trinajstić information content (AvgIpc) is 2.50. The fraction of sp³-hybridized carbons (Fsp3) is 0.667. The number of rotatable bonds is 3. The van der Waals surface area contributed by atoms with E-state index in [1.165, 1.54) is 0 Å². The van der Waals surface area contributed by atoms with Crippen molar-refractivity contribution in [3.8, 4) is 0 Å². The van der Waals surface area contributed by atoms with Gasteiger partial charge in [0.05, 0.1) is 11.2 Å². The molecule has 0 amide bonds. The first-order chi connectivity index (χ1) is 9.12. The fourth-order valence-corrected chi connectivity index (χ4v) is 2.44. The van der Waals surface area contributed by atoms with Gasteiger partial charge in [0.15, 0.2) is 0 Å². The predicted octanol–water partition coefficient (Wildman–Crippen LogP) is 3.23. The normalized spacial score (nSPS) is 20.7. The van der Waals surface area contributed by atoms with Crippen LogP contribution in [0.2, 0.25) is 5.15 Å². The van der Waals surface area contributed by atoms with Gasteiger partial charge in [0, 0.05) is 6.20 Å². The quantitative estimate of drug-likeness (QED) is 0.634. The zero-order chi connectivity index (χ0) is 15.1. The Kier molecular flexibility index (Phi) is 4.21. The number of halogens is 1. The van der Waals surface area contributed by atoms with E-state index >= 15 is 0 Å². The van der Waals surface area contributed by atoms with Crippen LogP contribution in [-0.2, 0) is 15.7 Å². The van der Waals surface area contributed by atoms with Crippen LogP contribution in [0.4, 0.5) is 0 Å². The number of hydrogen-bond acceptors (Lipinski definition) is 3. The summed E-state index contributed by atoms with van der Waals surface area (Å²) in [6.07, 6.45) is 2.77. The van der Waals surface area contributed by atoms with Crippen LogP contribution >= 0.6 is 11.6 Å². The Morgan fingerprint density at radius 3 is 2.25 bits per heavy atom. The third-order valence-electron chi connectivity index (χ3n) is 4.12. The molecule has 2 heterocycles. The molecule has 0 aliphatic carbocycles. The van der Waals surface area contributed by atoms with Crippen molar-refractivity contribution in [3.63, 3.8) is 0 Å². The molecule has 1 aromatic heterocycles. The van der Waals surface area contributed by atoms with Crippen molar-refractivity contribution in [2.45, 2.75) is 59.2 Å². The summed E-state index contributed by atoms with van der Waals surface area (Å²) in [6.45, 7) is 12.6. The monoisotopic (exact) mass is 295 g/mol. The van der Waals surface area contributed by atoms with Gasteiger partial charge in [-0.3, -0.25) is 0 Å². The van der Waals surface area contributed by atoms with Crippen LogP contribution < -0.4 is 5.46 Å². The Labute approximate surface area is 127 Å². The highest BCUT2D eigenvalue weighted by Gasteiger charge is 2.52. The summed E-state index contributed by atoms with van der Waals surface area (Å²) in [5.41, 5.74) is 1.45. The van der Waals surface area contributed by atoms with Crippen LogP contribution in [0.25, 0.3) is 0 Å². The Morgan fingerprint density at radius 1 is 1.20 bits per heavy atom. The molecule has 0 radical (unpaired) electrons. The molecule has 20 heavy (non-hydrogen) atoms. The molecule has 0 N–H and O–H groups in total. The Morgan fingerprint density at radius 2 is 1.75 bits per heavy atom. The Hall–Kier alpha value is -0.575. The van der Waals surface area contributed by atoms with Gasteiger partial charge >= 0.3 is 7.12 Å². The molecule has 0 bridgehead atoms. The SMILES string of the molecule is CC(C)Cc1cnc(Cl)cc1B1OC(C)(C)C(C)(C)O1. The van der Waals surface area contributed by atoms with Crippen molar-refractivity contribution in [1.82, 2.24) is 4.98 Å². The van der Waals surface area contributed by atoms with Crippen LogP contribution in [0.3, 0.4) is 0 Å². The molecule has 1 saturated heterocycles. The van der Waals surface area contributed by atoms with E-state index in [1.807, 2.05) is 12.3 Å². The first-order valence-corrected chi connectivity index (χ1v) is 7.50. The van der Waals surface area contributed by atoms with Crippen LogP contribution in [-0.4, -0.2) is 23.3 Å². The number of nitrogens with zero attached hydrogens (tertiary/aromatic N) is 1. The molecule has 3 nitrogen and oxygen atoms in total. The lowest BCUT2D eigenvalue weighted by atomic mass is 9.75. The summed E-state index contributed by atoms with van der Waals surface area (Å²) >= 11 is 6.05. The molecule has 0 atom stereocenters. The fourth-order valence-electron chi connectivity index (χ4n) is 2.27. The second-order valence-electron chi connectivity index (χ2n) is 6.89. The molecular formula is C15H23BClNO2. The van der Waals surface area contributed by atoms with Gasteiger partial charge in [0.1, 0.15) is 5.15 Å². The van der Waals surface area contributed by atoms with Crippen LogP contribution in [0.1, 0.15) is 47.1 Å². The summed E-state index contributed by atoms with van der Waals surface area (Å²) in [7, 11) is -0.380. The lowest BCUT2D eigenvalue weighted by Crippen LogP contribution is -2.41. The lowest BCUT2D eigenvalue weighted by Gasteiger charge is -2.32. The van der Waals surface area contributed by atoms with Gasteiger partial charge in [-0.1, -0.05) is 25.4 Å². The third-order valence-corrected chi connectivity index (χ3v) is 4.33. The highest BCUT2D eigenvalue weighted by atomic mass is 35.5. The minimum atomic E-state index is -0.380. The average molecular weight is 296 g/mol. The number of hydrogen-bond donors (Lipinski definition) is 0. The minimum absolute atomic E-state index is 0.345. The third kappa shape index (κ3) is 3.02. The minimum Gasteiger partial charge on any atom is -0.399 e. The predicted molar refractivity (Wildman–Crippen MR) is 83.5 cm³/mol. The molecule has 1 fully saturated rings. The standard InChI is InChI=1S/C15H23BClNO2/c1-10(2)7-11-9-18-13(17)8-12(11)16-19-14(3,4)15(5,6)20-16/h8-10H,7H2,1-6H3. The summed E-state index contributed by atoms with van der Waals surface area (Å²) in [5.74, 6) is 0.541. The summed E-state index contributed by atoms with van der Waals surface area (Å²) in [6, 6.07) is 1.86. The van der Waals surface area contributed by atoms with Gasteiger partial charge in [-0.2, -0.15) is 0 Å². The van der Waals surface area contributed by atoms with Crippen molar-refractivity contribution >= 4 is 24.2 Å². The molecule has 0 unspecified atom stereocenters. The molecule has 1 aliphatic heterocycles. The van der Waals surface area contributed by atoms with E-state index in [0.717, 1.165) is 17.4 Å².